The molecule has 1 aromatic rings. The summed E-state index contributed by atoms with van der Waals surface area (Å²) in [6, 6.07) is 6.47. The van der Waals surface area contributed by atoms with E-state index < -0.39 is 0 Å². The Morgan fingerprint density at radius 3 is 2.53 bits per heavy atom. The van der Waals surface area contributed by atoms with Crippen LogP contribution in [-0.4, -0.2) is 31.9 Å². The molecule has 0 heterocycles. The highest BCUT2D eigenvalue weighted by Gasteiger charge is 2.24. The number of hydrogen-bond acceptors (Lipinski definition) is 3. The first-order chi connectivity index (χ1) is 8.92. The summed E-state index contributed by atoms with van der Waals surface area (Å²) in [5, 5.41) is 12.1. The highest BCUT2D eigenvalue weighted by Crippen LogP contribution is 2.33. The lowest BCUT2D eigenvalue weighted by Gasteiger charge is -2.28. The van der Waals surface area contributed by atoms with Gasteiger partial charge in [0.2, 0.25) is 0 Å². The van der Waals surface area contributed by atoms with Gasteiger partial charge < -0.3 is 15.2 Å². The van der Waals surface area contributed by atoms with E-state index in [1.807, 2.05) is 0 Å². The Labute approximate surface area is 117 Å². The number of ether oxygens (including phenoxy) is 1. The summed E-state index contributed by atoms with van der Waals surface area (Å²) < 4.78 is 5.55. The Bertz CT molecular complexity index is 400. The molecule has 0 bridgehead atoms. The van der Waals surface area contributed by atoms with Crippen LogP contribution in [0.2, 0.25) is 0 Å². The number of rotatable bonds is 7. The SMILES string of the molecule is COc1cc(C(C)C)ccc1C(C)(C)CNCCO. The van der Waals surface area contributed by atoms with Gasteiger partial charge in [0.05, 0.1) is 13.7 Å². The van der Waals surface area contributed by atoms with Crippen molar-refractivity contribution >= 4 is 0 Å². The second-order valence-electron chi connectivity index (χ2n) is 5.90. The summed E-state index contributed by atoms with van der Waals surface area (Å²) in [4.78, 5) is 0. The van der Waals surface area contributed by atoms with Gasteiger partial charge in [-0.3, -0.25) is 0 Å². The van der Waals surface area contributed by atoms with Crippen LogP contribution in [-0.2, 0) is 5.41 Å². The van der Waals surface area contributed by atoms with Crippen LogP contribution in [0.4, 0.5) is 0 Å². The highest BCUT2D eigenvalue weighted by atomic mass is 16.5. The maximum atomic E-state index is 8.84. The highest BCUT2D eigenvalue weighted by molar-refractivity contribution is 5.43. The molecule has 0 saturated carbocycles. The molecule has 2 N–H and O–H groups in total. The minimum absolute atomic E-state index is 0.0317. The normalized spacial score (nSPS) is 11.9. The number of benzene rings is 1. The molecule has 0 atom stereocenters. The van der Waals surface area contributed by atoms with Crippen molar-refractivity contribution in [2.75, 3.05) is 26.8 Å². The van der Waals surface area contributed by atoms with Crippen molar-refractivity contribution in [3.63, 3.8) is 0 Å². The van der Waals surface area contributed by atoms with Gasteiger partial charge >= 0.3 is 0 Å². The molecule has 1 aromatic carbocycles. The first-order valence-electron chi connectivity index (χ1n) is 6.92. The van der Waals surface area contributed by atoms with Gasteiger partial charge in [0, 0.05) is 24.1 Å². The number of methoxy groups -OCH3 is 1. The van der Waals surface area contributed by atoms with E-state index >= 15 is 0 Å². The lowest BCUT2D eigenvalue weighted by atomic mass is 9.82. The molecule has 108 valence electrons. The molecular formula is C16H27NO2. The largest absolute Gasteiger partial charge is 0.496 e. The van der Waals surface area contributed by atoms with Crippen LogP contribution in [0.5, 0.6) is 5.75 Å². The molecule has 0 unspecified atom stereocenters. The monoisotopic (exact) mass is 265 g/mol. The Morgan fingerprint density at radius 1 is 1.32 bits per heavy atom. The van der Waals surface area contributed by atoms with E-state index in [0.29, 0.717) is 12.5 Å². The van der Waals surface area contributed by atoms with Crippen LogP contribution in [0.1, 0.15) is 44.7 Å². The molecule has 0 fully saturated rings. The molecule has 3 nitrogen and oxygen atoms in total. The summed E-state index contributed by atoms with van der Waals surface area (Å²) in [6.07, 6.45) is 0. The molecule has 0 radical (unpaired) electrons. The zero-order valence-corrected chi connectivity index (χ0v) is 12.8. The predicted octanol–water partition coefficient (Wildman–Crippen LogP) is 2.68. The van der Waals surface area contributed by atoms with Crippen molar-refractivity contribution in [1.82, 2.24) is 5.32 Å². The molecule has 0 saturated heterocycles. The summed E-state index contributed by atoms with van der Waals surface area (Å²) in [6.45, 7) is 10.3. The standard InChI is InChI=1S/C16H27NO2/c1-12(2)13-6-7-14(15(10-13)19-5)16(3,4)11-17-8-9-18/h6-7,10,12,17-18H,8-9,11H2,1-5H3. The van der Waals surface area contributed by atoms with Gasteiger partial charge in [-0.15, -0.1) is 0 Å². The Balaban J connectivity index is 2.98. The van der Waals surface area contributed by atoms with E-state index in [-0.39, 0.29) is 12.0 Å². The predicted molar refractivity (Wildman–Crippen MR) is 80.1 cm³/mol. The average Bonchev–Trinajstić information content (AvgIpc) is 2.38. The lowest BCUT2D eigenvalue weighted by Crippen LogP contribution is -2.34. The van der Waals surface area contributed by atoms with Gasteiger partial charge in [-0.25, -0.2) is 0 Å². The second kappa shape index (κ2) is 6.92. The molecule has 19 heavy (non-hydrogen) atoms. The van der Waals surface area contributed by atoms with Crippen LogP contribution in [0.3, 0.4) is 0 Å². The van der Waals surface area contributed by atoms with Gasteiger partial charge in [0.25, 0.3) is 0 Å². The van der Waals surface area contributed by atoms with Crippen molar-refractivity contribution in [3.8, 4) is 5.75 Å². The van der Waals surface area contributed by atoms with E-state index in [1.165, 1.54) is 11.1 Å². The summed E-state index contributed by atoms with van der Waals surface area (Å²) in [5.41, 5.74) is 2.46. The Kier molecular flexibility index (Phi) is 5.83. The lowest BCUT2D eigenvalue weighted by molar-refractivity contribution is 0.286. The first kappa shape index (κ1) is 16.0. The van der Waals surface area contributed by atoms with Gasteiger partial charge in [-0.05, 0) is 17.5 Å². The van der Waals surface area contributed by atoms with E-state index in [1.54, 1.807) is 7.11 Å². The number of hydrogen-bond donors (Lipinski definition) is 2. The quantitative estimate of drug-likeness (QED) is 0.745. The molecule has 1 rings (SSSR count). The van der Waals surface area contributed by atoms with Gasteiger partial charge in [0.15, 0.2) is 0 Å². The molecule has 0 spiro atoms. The molecule has 0 amide bonds. The van der Waals surface area contributed by atoms with Crippen molar-refractivity contribution in [2.24, 2.45) is 0 Å². The molecule has 3 heteroatoms. The molecule has 0 aliphatic carbocycles. The Hall–Kier alpha value is -1.06. The fourth-order valence-electron chi connectivity index (χ4n) is 2.20. The molecule has 0 aromatic heterocycles. The summed E-state index contributed by atoms with van der Waals surface area (Å²) in [5.74, 6) is 1.44. The number of aliphatic hydroxyl groups is 1. The van der Waals surface area contributed by atoms with Crippen LogP contribution in [0.15, 0.2) is 18.2 Å². The van der Waals surface area contributed by atoms with Crippen molar-refractivity contribution in [3.05, 3.63) is 29.3 Å². The smallest absolute Gasteiger partial charge is 0.122 e. The topological polar surface area (TPSA) is 41.5 Å². The zero-order valence-electron chi connectivity index (χ0n) is 12.8. The fourth-order valence-corrected chi connectivity index (χ4v) is 2.20. The average molecular weight is 265 g/mol. The molecule has 0 aliphatic rings. The molecule has 0 aliphatic heterocycles. The van der Waals surface area contributed by atoms with Crippen LogP contribution in [0.25, 0.3) is 0 Å². The van der Waals surface area contributed by atoms with Crippen LogP contribution < -0.4 is 10.1 Å². The fraction of sp³-hybridized carbons (Fsp3) is 0.625. The maximum Gasteiger partial charge on any atom is 0.122 e. The summed E-state index contributed by atoms with van der Waals surface area (Å²) >= 11 is 0. The van der Waals surface area contributed by atoms with E-state index in [9.17, 15) is 0 Å². The van der Waals surface area contributed by atoms with Crippen molar-refractivity contribution in [2.45, 2.75) is 39.0 Å². The first-order valence-corrected chi connectivity index (χ1v) is 6.92. The minimum atomic E-state index is -0.0317. The van der Waals surface area contributed by atoms with E-state index in [2.05, 4.69) is 51.2 Å². The zero-order chi connectivity index (χ0) is 14.5. The van der Waals surface area contributed by atoms with E-state index in [0.717, 1.165) is 12.3 Å². The van der Waals surface area contributed by atoms with Crippen LogP contribution >= 0.6 is 0 Å². The third-order valence-electron chi connectivity index (χ3n) is 3.48. The van der Waals surface area contributed by atoms with Gasteiger partial charge in [0.1, 0.15) is 5.75 Å². The number of nitrogens with one attached hydrogen (secondary N) is 1. The number of aliphatic hydroxyl groups excluding tert-OH is 1. The minimum Gasteiger partial charge on any atom is -0.496 e. The van der Waals surface area contributed by atoms with Crippen LogP contribution in [0, 0.1) is 0 Å². The third-order valence-corrected chi connectivity index (χ3v) is 3.48. The van der Waals surface area contributed by atoms with Gasteiger partial charge in [-0.2, -0.15) is 0 Å². The summed E-state index contributed by atoms with van der Waals surface area (Å²) in [7, 11) is 1.72. The molecular weight excluding hydrogens is 238 g/mol. The maximum absolute atomic E-state index is 8.84. The van der Waals surface area contributed by atoms with Gasteiger partial charge in [-0.1, -0.05) is 39.8 Å². The van der Waals surface area contributed by atoms with E-state index in [4.69, 9.17) is 9.84 Å². The Morgan fingerprint density at radius 2 is 2.00 bits per heavy atom. The van der Waals surface area contributed by atoms with Crippen molar-refractivity contribution < 1.29 is 9.84 Å². The van der Waals surface area contributed by atoms with Crippen molar-refractivity contribution in [1.29, 1.82) is 0 Å². The second-order valence-corrected chi connectivity index (χ2v) is 5.90. The third kappa shape index (κ3) is 4.22.